The predicted octanol–water partition coefficient (Wildman–Crippen LogP) is 4.05. The van der Waals surface area contributed by atoms with Crippen LogP contribution in [0.3, 0.4) is 0 Å². The van der Waals surface area contributed by atoms with Crippen LogP contribution in [0.2, 0.25) is 5.02 Å². The number of aryl methyl sites for hydroxylation is 1. The van der Waals surface area contributed by atoms with Crippen LogP contribution in [0.5, 0.6) is 0 Å². The zero-order valence-corrected chi connectivity index (χ0v) is 16.0. The average molecular weight is 370 g/mol. The van der Waals surface area contributed by atoms with Gasteiger partial charge in [-0.05, 0) is 43.8 Å². The van der Waals surface area contributed by atoms with E-state index in [4.69, 9.17) is 11.6 Å². The number of anilines is 2. The summed E-state index contributed by atoms with van der Waals surface area (Å²) in [6.07, 6.45) is 3.38. The third kappa shape index (κ3) is 4.87. The molecule has 1 N–H and O–H groups in total. The Kier molecular flexibility index (Phi) is 5.96. The van der Waals surface area contributed by atoms with E-state index in [1.165, 1.54) is 5.56 Å². The number of carbonyl (C=O) groups is 1. The minimum absolute atomic E-state index is 0.163. The fraction of sp³-hybridized carbons (Fsp3) is 0.286. The molecule has 1 fully saturated rings. The Balaban J connectivity index is 1.74. The third-order valence-corrected chi connectivity index (χ3v) is 4.76. The van der Waals surface area contributed by atoms with Crippen LogP contribution in [0.4, 0.5) is 11.4 Å². The highest BCUT2D eigenvalue weighted by Crippen LogP contribution is 2.30. The minimum Gasteiger partial charge on any atom is -0.367 e. The van der Waals surface area contributed by atoms with Gasteiger partial charge < -0.3 is 15.1 Å². The molecule has 1 aliphatic rings. The number of amides is 1. The van der Waals surface area contributed by atoms with Gasteiger partial charge in [0.05, 0.1) is 11.4 Å². The first kappa shape index (κ1) is 18.5. The van der Waals surface area contributed by atoms with Crippen LogP contribution in [0.1, 0.15) is 11.1 Å². The summed E-state index contributed by atoms with van der Waals surface area (Å²) in [6.45, 7) is 5.90. The number of halogens is 1. The normalized spacial score (nSPS) is 15.4. The first-order valence-electron chi connectivity index (χ1n) is 8.80. The summed E-state index contributed by atoms with van der Waals surface area (Å²) in [5.74, 6) is -0.163. The second-order valence-corrected chi connectivity index (χ2v) is 7.12. The Morgan fingerprint density at radius 2 is 1.88 bits per heavy atom. The molecule has 3 rings (SSSR count). The molecule has 0 radical (unpaired) electrons. The minimum atomic E-state index is -0.163. The maximum Gasteiger partial charge on any atom is 0.248 e. The van der Waals surface area contributed by atoms with Gasteiger partial charge in [0.15, 0.2) is 0 Å². The van der Waals surface area contributed by atoms with Gasteiger partial charge in [0.2, 0.25) is 5.91 Å². The van der Waals surface area contributed by atoms with E-state index in [1.807, 2.05) is 55.5 Å². The van der Waals surface area contributed by atoms with Crippen LogP contribution >= 0.6 is 11.6 Å². The topological polar surface area (TPSA) is 35.6 Å². The molecule has 1 amide bonds. The average Bonchev–Trinajstić information content (AvgIpc) is 2.61. The van der Waals surface area contributed by atoms with Crippen LogP contribution in [-0.4, -0.2) is 44.0 Å². The number of hydrogen-bond donors (Lipinski definition) is 1. The van der Waals surface area contributed by atoms with Crippen LogP contribution in [0, 0.1) is 6.92 Å². The summed E-state index contributed by atoms with van der Waals surface area (Å²) < 4.78 is 0. The van der Waals surface area contributed by atoms with E-state index in [-0.39, 0.29) is 5.91 Å². The van der Waals surface area contributed by atoms with Crippen molar-refractivity contribution in [3.05, 3.63) is 64.7 Å². The van der Waals surface area contributed by atoms with Gasteiger partial charge in [-0.15, -0.1) is 0 Å². The fourth-order valence-electron chi connectivity index (χ4n) is 3.05. The number of hydrogen-bond acceptors (Lipinski definition) is 3. The van der Waals surface area contributed by atoms with Gasteiger partial charge >= 0.3 is 0 Å². The van der Waals surface area contributed by atoms with Crippen molar-refractivity contribution in [1.82, 2.24) is 4.90 Å². The molecule has 0 atom stereocenters. The van der Waals surface area contributed by atoms with Crippen molar-refractivity contribution in [2.75, 3.05) is 43.4 Å². The molecular formula is C21H24ClN3O. The molecule has 2 aromatic rings. The van der Waals surface area contributed by atoms with E-state index < -0.39 is 0 Å². The lowest BCUT2D eigenvalue weighted by Gasteiger charge is -2.35. The van der Waals surface area contributed by atoms with E-state index in [0.717, 1.165) is 43.1 Å². The summed E-state index contributed by atoms with van der Waals surface area (Å²) in [5, 5.41) is 3.59. The summed E-state index contributed by atoms with van der Waals surface area (Å²) in [4.78, 5) is 17.0. The molecule has 136 valence electrons. The molecule has 26 heavy (non-hydrogen) atoms. The highest BCUT2D eigenvalue weighted by atomic mass is 35.5. The van der Waals surface area contributed by atoms with Crippen molar-refractivity contribution in [2.45, 2.75) is 6.92 Å². The molecule has 5 heteroatoms. The third-order valence-electron chi connectivity index (χ3n) is 4.53. The fourth-order valence-corrected chi connectivity index (χ4v) is 3.22. The van der Waals surface area contributed by atoms with Crippen molar-refractivity contribution in [3.63, 3.8) is 0 Å². The molecule has 0 aliphatic carbocycles. The Bertz CT molecular complexity index is 811. The van der Waals surface area contributed by atoms with Crippen LogP contribution in [-0.2, 0) is 4.79 Å². The molecule has 0 aromatic heterocycles. The zero-order chi connectivity index (χ0) is 18.5. The van der Waals surface area contributed by atoms with Crippen molar-refractivity contribution < 1.29 is 4.79 Å². The Hall–Kier alpha value is -2.30. The van der Waals surface area contributed by atoms with Gasteiger partial charge in [-0.25, -0.2) is 0 Å². The Morgan fingerprint density at radius 3 is 2.62 bits per heavy atom. The summed E-state index contributed by atoms with van der Waals surface area (Å²) in [7, 11) is 2.12. The van der Waals surface area contributed by atoms with Crippen LogP contribution < -0.4 is 10.2 Å². The number of rotatable bonds is 4. The number of carbonyl (C=O) groups excluding carboxylic acids is 1. The lowest BCUT2D eigenvalue weighted by Crippen LogP contribution is -2.44. The smallest absolute Gasteiger partial charge is 0.248 e. The second-order valence-electron chi connectivity index (χ2n) is 6.69. The number of nitrogens with one attached hydrogen (secondary N) is 1. The van der Waals surface area contributed by atoms with E-state index in [0.29, 0.717) is 5.02 Å². The Morgan fingerprint density at radius 1 is 1.12 bits per heavy atom. The van der Waals surface area contributed by atoms with E-state index in [9.17, 15) is 4.79 Å². The maximum absolute atomic E-state index is 12.4. The molecule has 2 aromatic carbocycles. The first-order valence-corrected chi connectivity index (χ1v) is 9.18. The molecule has 0 unspecified atom stereocenters. The number of nitrogens with zero attached hydrogens (tertiary/aromatic N) is 2. The van der Waals surface area contributed by atoms with Gasteiger partial charge in [0, 0.05) is 37.3 Å². The van der Waals surface area contributed by atoms with Crippen LogP contribution in [0.15, 0.2) is 48.5 Å². The van der Waals surface area contributed by atoms with E-state index >= 15 is 0 Å². The SMILES string of the molecule is Cc1cccc(/C=C/C(=O)Nc2cc(Cl)ccc2N2CCN(C)CC2)c1. The molecular weight excluding hydrogens is 346 g/mol. The van der Waals surface area contributed by atoms with Gasteiger partial charge in [-0.3, -0.25) is 4.79 Å². The molecule has 1 saturated heterocycles. The largest absolute Gasteiger partial charge is 0.367 e. The molecule has 1 heterocycles. The lowest BCUT2D eigenvalue weighted by molar-refractivity contribution is -0.111. The number of piperazine rings is 1. The van der Waals surface area contributed by atoms with E-state index in [1.54, 1.807) is 6.08 Å². The standard InChI is InChI=1S/C21H24ClN3O/c1-16-4-3-5-17(14-16)6-9-21(26)23-19-15-18(22)7-8-20(19)25-12-10-24(2)11-13-25/h3-9,14-15H,10-13H2,1-2H3,(H,23,26)/b9-6+. The number of likely N-dealkylation sites (N-methyl/N-ethyl adjacent to an activating group) is 1. The van der Waals surface area contributed by atoms with Gasteiger partial charge in [-0.1, -0.05) is 41.4 Å². The molecule has 1 aliphatic heterocycles. The first-order chi connectivity index (χ1) is 12.5. The van der Waals surface area contributed by atoms with Gasteiger partial charge in [-0.2, -0.15) is 0 Å². The second kappa shape index (κ2) is 8.39. The van der Waals surface area contributed by atoms with Gasteiger partial charge in [0.1, 0.15) is 0 Å². The highest BCUT2D eigenvalue weighted by molar-refractivity contribution is 6.31. The molecule has 0 bridgehead atoms. The van der Waals surface area contributed by atoms with Crippen molar-refractivity contribution in [1.29, 1.82) is 0 Å². The maximum atomic E-state index is 12.4. The monoisotopic (exact) mass is 369 g/mol. The summed E-state index contributed by atoms with van der Waals surface area (Å²) in [6, 6.07) is 13.7. The van der Waals surface area contributed by atoms with E-state index in [2.05, 4.69) is 22.2 Å². The van der Waals surface area contributed by atoms with Crippen molar-refractivity contribution in [2.24, 2.45) is 0 Å². The molecule has 4 nitrogen and oxygen atoms in total. The molecule has 0 spiro atoms. The van der Waals surface area contributed by atoms with Gasteiger partial charge in [0.25, 0.3) is 0 Å². The molecule has 0 saturated carbocycles. The summed E-state index contributed by atoms with van der Waals surface area (Å²) >= 11 is 6.16. The zero-order valence-electron chi connectivity index (χ0n) is 15.2. The van der Waals surface area contributed by atoms with Crippen molar-refractivity contribution in [3.8, 4) is 0 Å². The lowest BCUT2D eigenvalue weighted by atomic mass is 10.1. The predicted molar refractivity (Wildman–Crippen MR) is 110 cm³/mol. The Labute approximate surface area is 160 Å². The number of benzene rings is 2. The quantitative estimate of drug-likeness (QED) is 0.826. The highest BCUT2D eigenvalue weighted by Gasteiger charge is 2.18. The van der Waals surface area contributed by atoms with Crippen LogP contribution in [0.25, 0.3) is 6.08 Å². The summed E-state index contributed by atoms with van der Waals surface area (Å²) in [5.41, 5.74) is 3.94. The van der Waals surface area contributed by atoms with Crippen molar-refractivity contribution >= 4 is 35.0 Å².